The monoisotopic (exact) mass is 370 g/mol. The van der Waals surface area contributed by atoms with Gasteiger partial charge in [-0.15, -0.1) is 0 Å². The fourth-order valence-corrected chi connectivity index (χ4v) is 3.96. The molecular weight excluding hydrogens is 336 g/mol. The summed E-state index contributed by atoms with van der Waals surface area (Å²) in [6.07, 6.45) is 4.09. The van der Waals surface area contributed by atoms with E-state index in [0.29, 0.717) is 11.7 Å². The van der Waals surface area contributed by atoms with E-state index in [1.54, 1.807) is 7.11 Å². The van der Waals surface area contributed by atoms with Crippen LogP contribution in [-0.4, -0.2) is 18.5 Å². The van der Waals surface area contributed by atoms with Crippen LogP contribution in [0.5, 0.6) is 11.5 Å². The van der Waals surface area contributed by atoms with Crippen molar-refractivity contribution in [1.29, 1.82) is 0 Å². The molecule has 0 aliphatic heterocycles. The van der Waals surface area contributed by atoms with Crippen LogP contribution in [0.3, 0.4) is 0 Å². The van der Waals surface area contributed by atoms with E-state index in [2.05, 4.69) is 40.7 Å². The summed E-state index contributed by atoms with van der Waals surface area (Å²) in [5.74, 6) is 1.83. The molecule has 2 rings (SSSR count). The molecule has 0 atom stereocenters. The van der Waals surface area contributed by atoms with Gasteiger partial charge in [0.05, 0.1) is 7.11 Å². The van der Waals surface area contributed by atoms with E-state index < -0.39 is 0 Å². The van der Waals surface area contributed by atoms with E-state index in [-0.39, 0.29) is 5.41 Å². The third-order valence-electron chi connectivity index (χ3n) is 4.57. The van der Waals surface area contributed by atoms with Crippen molar-refractivity contribution in [1.82, 2.24) is 0 Å². The number of ether oxygens (including phenoxy) is 1. The second-order valence-corrected chi connectivity index (χ2v) is 7.97. The van der Waals surface area contributed by atoms with Crippen LogP contribution < -0.4 is 4.74 Å². The minimum Gasteiger partial charge on any atom is -0.507 e. The summed E-state index contributed by atoms with van der Waals surface area (Å²) < 4.78 is 5.69. The number of methoxy groups -OCH3 is 1. The number of aldehydes is 1. The molecule has 0 bridgehead atoms. The Kier molecular flexibility index (Phi) is 8.08. The van der Waals surface area contributed by atoms with E-state index in [1.165, 1.54) is 12.5 Å². The molecule has 3 heteroatoms. The van der Waals surface area contributed by atoms with Crippen LogP contribution in [0, 0.1) is 12.8 Å². The zero-order chi connectivity index (χ0) is 20.8. The number of fused-ring (bicyclic) bond motifs is 1. The lowest BCUT2D eigenvalue weighted by Crippen LogP contribution is -2.17. The Bertz CT molecular complexity index is 814. The maximum atomic E-state index is 11.0. The van der Waals surface area contributed by atoms with E-state index in [9.17, 15) is 5.11 Å². The molecule has 0 saturated heterocycles. The molecule has 0 heterocycles. The molecule has 0 fully saturated rings. The summed E-state index contributed by atoms with van der Waals surface area (Å²) >= 11 is 0. The number of hydrogen-bond donors (Lipinski definition) is 1. The lowest BCUT2D eigenvalue weighted by atomic mass is 9.78. The third kappa shape index (κ3) is 5.35. The maximum Gasteiger partial charge on any atom is 0.130 e. The number of phenols is 1. The number of aromatic hydroxyl groups is 1. The van der Waals surface area contributed by atoms with Crippen molar-refractivity contribution in [2.45, 2.75) is 60.3 Å². The largest absolute Gasteiger partial charge is 0.507 e. The van der Waals surface area contributed by atoms with Gasteiger partial charge in [0.25, 0.3) is 0 Å². The Morgan fingerprint density at radius 3 is 2.22 bits per heavy atom. The Morgan fingerprint density at radius 2 is 1.74 bits per heavy atom. The van der Waals surface area contributed by atoms with Gasteiger partial charge in [-0.25, -0.2) is 0 Å². The van der Waals surface area contributed by atoms with E-state index >= 15 is 0 Å². The molecular formula is C24H34O3. The smallest absolute Gasteiger partial charge is 0.130 e. The molecule has 2 aromatic rings. The quantitative estimate of drug-likeness (QED) is 0.493. The van der Waals surface area contributed by atoms with Crippen LogP contribution in [0.25, 0.3) is 10.8 Å². The van der Waals surface area contributed by atoms with Gasteiger partial charge in [-0.1, -0.05) is 63.6 Å². The molecule has 0 aliphatic rings. The normalized spacial score (nSPS) is 12.0. The van der Waals surface area contributed by atoms with Crippen molar-refractivity contribution < 1.29 is 14.6 Å². The van der Waals surface area contributed by atoms with Crippen molar-refractivity contribution in [3.63, 3.8) is 0 Å². The topological polar surface area (TPSA) is 46.5 Å². The first-order chi connectivity index (χ1) is 12.6. The predicted octanol–water partition coefficient (Wildman–Crippen LogP) is 6.34. The lowest BCUT2D eigenvalue weighted by molar-refractivity contribution is -0.106. The van der Waals surface area contributed by atoms with Crippen LogP contribution in [0.2, 0.25) is 0 Å². The summed E-state index contributed by atoms with van der Waals surface area (Å²) in [7, 11) is 1.70. The van der Waals surface area contributed by atoms with Gasteiger partial charge in [0.2, 0.25) is 0 Å². The number of benzene rings is 2. The fraction of sp³-hybridized carbons (Fsp3) is 0.458. The van der Waals surface area contributed by atoms with Crippen molar-refractivity contribution in [2.75, 3.05) is 7.11 Å². The first-order valence-electron chi connectivity index (χ1n) is 9.47. The number of allylic oxidation sites excluding steroid dienone is 2. The number of carbonyl (C=O) groups is 1. The second kappa shape index (κ2) is 9.59. The van der Waals surface area contributed by atoms with Gasteiger partial charge in [-0.05, 0) is 38.7 Å². The third-order valence-corrected chi connectivity index (χ3v) is 4.57. The highest BCUT2D eigenvalue weighted by molar-refractivity contribution is 5.96. The lowest BCUT2D eigenvalue weighted by Gasteiger charge is -2.28. The van der Waals surface area contributed by atoms with E-state index in [1.807, 2.05) is 31.2 Å². The minimum atomic E-state index is -0.273. The molecule has 0 radical (unpaired) electrons. The molecule has 3 nitrogen and oxygen atoms in total. The molecule has 2 aromatic carbocycles. The second-order valence-electron chi connectivity index (χ2n) is 7.97. The summed E-state index contributed by atoms with van der Waals surface area (Å²) in [4.78, 5) is 8.81. The van der Waals surface area contributed by atoms with Crippen molar-refractivity contribution in [3.8, 4) is 11.5 Å². The summed E-state index contributed by atoms with van der Waals surface area (Å²) in [6.45, 7) is 14.4. The van der Waals surface area contributed by atoms with Crippen LogP contribution >= 0.6 is 0 Å². The molecule has 0 aliphatic carbocycles. The fourth-order valence-electron chi connectivity index (χ4n) is 3.96. The van der Waals surface area contributed by atoms with Crippen LogP contribution in [-0.2, 0) is 10.2 Å². The Morgan fingerprint density at radius 1 is 1.22 bits per heavy atom. The van der Waals surface area contributed by atoms with E-state index in [0.717, 1.165) is 40.4 Å². The molecule has 0 spiro atoms. The predicted molar refractivity (Wildman–Crippen MR) is 115 cm³/mol. The van der Waals surface area contributed by atoms with Gasteiger partial charge in [-0.2, -0.15) is 0 Å². The van der Waals surface area contributed by atoms with Crippen molar-refractivity contribution in [3.05, 3.63) is 47.0 Å². The van der Waals surface area contributed by atoms with Crippen LogP contribution in [0.1, 0.15) is 59.1 Å². The summed E-state index contributed by atoms with van der Waals surface area (Å²) in [5.41, 5.74) is 3.03. The average molecular weight is 371 g/mol. The molecule has 0 unspecified atom stereocenters. The first kappa shape index (κ1) is 22.8. The summed E-state index contributed by atoms with van der Waals surface area (Å²) in [5, 5.41) is 12.8. The number of phenolic OH excluding ortho intramolecular Hbond substituents is 1. The van der Waals surface area contributed by atoms with Gasteiger partial charge < -0.3 is 14.6 Å². The first-order valence-corrected chi connectivity index (χ1v) is 9.47. The molecule has 0 amide bonds. The average Bonchev–Trinajstić information content (AvgIpc) is 2.54. The van der Waals surface area contributed by atoms with Crippen molar-refractivity contribution >= 4 is 17.1 Å². The van der Waals surface area contributed by atoms with E-state index in [4.69, 9.17) is 9.53 Å². The molecule has 148 valence electrons. The Hall–Kier alpha value is -2.29. The molecule has 0 saturated carbocycles. The van der Waals surface area contributed by atoms with Crippen molar-refractivity contribution in [2.24, 2.45) is 5.92 Å². The Balaban J connectivity index is 0.00000114. The van der Waals surface area contributed by atoms with Gasteiger partial charge in [-0.3, -0.25) is 0 Å². The van der Waals surface area contributed by atoms with Gasteiger partial charge in [0.15, 0.2) is 0 Å². The number of hydrogen-bond acceptors (Lipinski definition) is 3. The zero-order valence-corrected chi connectivity index (χ0v) is 18.0. The highest BCUT2D eigenvalue weighted by Crippen LogP contribution is 2.45. The SMILES string of the molecule is CC=O.COc1c(C)c(C(C)(C)/C=C(\C)CC(C)C)c(O)c2ccccc12. The Labute approximate surface area is 164 Å². The number of carbonyl (C=O) groups excluding carboxylic acids is 1. The molecule has 0 aromatic heterocycles. The molecule has 1 N–H and O–H groups in total. The highest BCUT2D eigenvalue weighted by Gasteiger charge is 2.28. The number of rotatable bonds is 5. The summed E-state index contributed by atoms with van der Waals surface area (Å²) in [6, 6.07) is 7.88. The van der Waals surface area contributed by atoms with Gasteiger partial charge in [0.1, 0.15) is 17.8 Å². The molecule has 27 heavy (non-hydrogen) atoms. The van der Waals surface area contributed by atoms with Crippen LogP contribution in [0.4, 0.5) is 0 Å². The van der Waals surface area contributed by atoms with Gasteiger partial charge >= 0.3 is 0 Å². The highest BCUT2D eigenvalue weighted by atomic mass is 16.5. The maximum absolute atomic E-state index is 11.0. The van der Waals surface area contributed by atoms with Crippen LogP contribution in [0.15, 0.2) is 35.9 Å². The zero-order valence-electron chi connectivity index (χ0n) is 18.0. The van der Waals surface area contributed by atoms with Gasteiger partial charge in [0, 0.05) is 21.8 Å². The minimum absolute atomic E-state index is 0.273. The standard InChI is InChI=1S/C22H30O2.C2H4O/c1-14(2)12-15(3)13-22(5,6)19-16(4)21(24-7)18-11-9-8-10-17(18)20(19)23;1-2-3/h8-11,13-14,23H,12H2,1-7H3;2H,1H3/b15-13+;.